The molecule has 1 aromatic heterocycles. The molecule has 0 radical (unpaired) electrons. The van der Waals surface area contributed by atoms with Gasteiger partial charge in [0.2, 0.25) is 5.91 Å². The van der Waals surface area contributed by atoms with E-state index in [2.05, 4.69) is 55.7 Å². The number of anilines is 2. The average molecular weight is 1050 g/mol. The highest BCUT2D eigenvalue weighted by Gasteiger charge is 2.41. The van der Waals surface area contributed by atoms with Crippen LogP contribution in [-0.4, -0.2) is 93.8 Å². The summed E-state index contributed by atoms with van der Waals surface area (Å²) >= 11 is 0. The van der Waals surface area contributed by atoms with E-state index in [9.17, 15) is 54.5 Å². The Morgan fingerprint density at radius 2 is 1.51 bits per heavy atom. The van der Waals surface area contributed by atoms with Crippen LogP contribution < -0.4 is 21.6 Å². The van der Waals surface area contributed by atoms with Crippen molar-refractivity contribution in [2.45, 2.75) is 47.8 Å². The molecule has 0 saturated carbocycles. The minimum atomic E-state index is -5.71. The first-order valence-corrected chi connectivity index (χ1v) is 26.5. The van der Waals surface area contributed by atoms with Crippen molar-refractivity contribution in [1.82, 2.24) is 14.9 Å². The normalized spacial score (nSPS) is 17.3. The molecule has 5 rings (SSSR count). The molecule has 2 heterocycles. The SMILES string of the molecule is CN(CCCC(=O)NCC#Cc1cn([C@H]2CC[C@@H](COP(=O)(O)OP(=O)(O)OP(=O)(O)O)O2)c(=O)nc1N)c1ccc(/N=N\c2ccc(/N=N\c3ccc(S(=O)(=O)O)cc3)cc2S(=O)(=O)O)cc1. The summed E-state index contributed by atoms with van der Waals surface area (Å²) in [6.45, 7) is -0.341. The standard InChI is InChI=1S/C35H40N9O19P3S2/c1-43(27-11-6-24(7-12-27)40-42-30-16-10-26(20-31(30)68(57,58)59)41-39-25-8-14-29(15-9-25)67(54,55)56)19-3-5-32(45)37-18-2-4-23-21-44(35(46)38-34(23)36)33-17-13-28(61-33)22-60-65(50,51)63-66(52,53)62-64(47,48)49/h6-12,14-16,20-21,28,33H,3,5,13,17-19,22H2,1H3,(H,37,45)(H,50,51)(H,52,53)(H2,36,38,46)(H2,47,48,49)(H,54,55,56)(H,57,58,59)/b41-39-,42-40-/t28-,33+/m0/s1. The molecule has 1 fully saturated rings. The van der Waals surface area contributed by atoms with Gasteiger partial charge in [-0.05, 0) is 86.0 Å². The molecule has 68 heavy (non-hydrogen) atoms. The molecule has 33 heteroatoms. The Bertz CT molecular complexity index is 3070. The lowest BCUT2D eigenvalue weighted by molar-refractivity contribution is -0.120. The second-order valence-corrected chi connectivity index (χ2v) is 21.3. The van der Waals surface area contributed by atoms with Crippen molar-refractivity contribution < 1.29 is 81.9 Å². The van der Waals surface area contributed by atoms with Crippen molar-refractivity contribution in [3.05, 3.63) is 89.0 Å². The number of phosphoric ester groups is 1. The molecule has 2 unspecified atom stereocenters. The summed E-state index contributed by atoms with van der Waals surface area (Å²) in [5.74, 6) is 4.91. The number of ether oxygens (including phenoxy) is 1. The van der Waals surface area contributed by atoms with Gasteiger partial charge >= 0.3 is 29.2 Å². The van der Waals surface area contributed by atoms with Crippen molar-refractivity contribution in [1.29, 1.82) is 0 Å². The fraction of sp³-hybridized carbons (Fsp3) is 0.286. The van der Waals surface area contributed by atoms with Crippen LogP contribution in [0, 0.1) is 11.8 Å². The summed E-state index contributed by atoms with van der Waals surface area (Å²) in [4.78, 5) is 66.0. The number of nitrogens with zero attached hydrogens (tertiary/aromatic N) is 7. The van der Waals surface area contributed by atoms with Gasteiger partial charge in [-0.25, -0.2) is 18.5 Å². The first-order valence-electron chi connectivity index (χ1n) is 19.1. The molecule has 3 aromatic carbocycles. The Hall–Kier alpha value is -5.44. The maximum absolute atomic E-state index is 12.6. The third-order valence-corrected chi connectivity index (χ3v) is 14.5. The Morgan fingerprint density at radius 3 is 2.15 bits per heavy atom. The number of nitrogen functional groups attached to an aromatic ring is 1. The van der Waals surface area contributed by atoms with Gasteiger partial charge in [-0.2, -0.15) is 45.8 Å². The van der Waals surface area contributed by atoms with E-state index in [1.165, 1.54) is 30.5 Å². The lowest BCUT2D eigenvalue weighted by atomic mass is 10.2. The highest BCUT2D eigenvalue weighted by Crippen LogP contribution is 2.66. The second kappa shape index (κ2) is 22.3. The van der Waals surface area contributed by atoms with E-state index in [1.54, 1.807) is 31.3 Å². The number of nitrogens with one attached hydrogen (secondary N) is 1. The van der Waals surface area contributed by atoms with Crippen molar-refractivity contribution in [3.8, 4) is 11.8 Å². The van der Waals surface area contributed by atoms with Gasteiger partial charge in [0.1, 0.15) is 22.6 Å². The Kier molecular flexibility index (Phi) is 17.6. The molecule has 0 aliphatic carbocycles. The predicted octanol–water partition coefficient (Wildman–Crippen LogP) is 4.55. The van der Waals surface area contributed by atoms with Gasteiger partial charge in [0, 0.05) is 31.9 Å². The van der Waals surface area contributed by atoms with Gasteiger partial charge in [0.05, 0.1) is 46.8 Å². The number of azo groups is 2. The summed E-state index contributed by atoms with van der Waals surface area (Å²) < 4.78 is 119. The Morgan fingerprint density at radius 1 is 0.897 bits per heavy atom. The number of hydrogen-bond donors (Lipinski definition) is 8. The number of hydrogen-bond acceptors (Lipinski definition) is 20. The van der Waals surface area contributed by atoms with Gasteiger partial charge in [0.25, 0.3) is 20.2 Å². The first-order chi connectivity index (χ1) is 31.7. The molecule has 0 spiro atoms. The fourth-order valence-corrected chi connectivity index (χ4v) is 9.97. The van der Waals surface area contributed by atoms with Crippen molar-refractivity contribution in [2.75, 3.05) is 37.4 Å². The molecule has 28 nitrogen and oxygen atoms in total. The monoisotopic (exact) mass is 1050 g/mol. The summed E-state index contributed by atoms with van der Waals surface area (Å²) in [5.41, 5.74) is 6.26. The van der Waals surface area contributed by atoms with Crippen LogP contribution in [0.15, 0.2) is 108 Å². The first kappa shape index (κ1) is 53.5. The average Bonchev–Trinajstić information content (AvgIpc) is 3.71. The molecule has 4 aromatic rings. The Labute approximate surface area is 385 Å². The van der Waals surface area contributed by atoms with Crippen LogP contribution in [0.5, 0.6) is 0 Å². The zero-order chi connectivity index (χ0) is 50.1. The number of aromatic nitrogens is 2. The van der Waals surface area contributed by atoms with Crippen molar-refractivity contribution in [3.63, 3.8) is 0 Å². The molecule has 1 saturated heterocycles. The minimum absolute atomic E-state index is 0.0126. The molecule has 1 aliphatic heterocycles. The van der Waals surface area contributed by atoms with Gasteiger partial charge in [-0.1, -0.05) is 11.8 Å². The maximum atomic E-state index is 12.6. The molecule has 1 amide bonds. The van der Waals surface area contributed by atoms with E-state index in [1.807, 2.05) is 4.90 Å². The summed E-state index contributed by atoms with van der Waals surface area (Å²) in [6.07, 6.45) is 0.216. The third-order valence-electron chi connectivity index (χ3n) is 8.91. The number of amides is 1. The van der Waals surface area contributed by atoms with Crippen molar-refractivity contribution >= 4 is 83.9 Å². The van der Waals surface area contributed by atoms with Crippen LogP contribution in [0.1, 0.15) is 37.5 Å². The van der Waals surface area contributed by atoms with Gasteiger partial charge in [-0.15, -0.1) is 5.11 Å². The molecule has 366 valence electrons. The molecular weight excluding hydrogens is 1010 g/mol. The zero-order valence-corrected chi connectivity index (χ0v) is 39.2. The fourth-order valence-electron chi connectivity index (χ4n) is 5.79. The van der Waals surface area contributed by atoms with E-state index in [0.29, 0.717) is 18.7 Å². The highest BCUT2D eigenvalue weighted by atomic mass is 32.2. The lowest BCUT2D eigenvalue weighted by Gasteiger charge is -2.19. The number of benzene rings is 3. The van der Waals surface area contributed by atoms with Crippen LogP contribution in [-0.2, 0) is 56.6 Å². The van der Waals surface area contributed by atoms with Crippen molar-refractivity contribution in [2.24, 2.45) is 20.5 Å². The van der Waals surface area contributed by atoms with Gasteiger partial charge < -0.3 is 40.3 Å². The molecular formula is C35H40N9O19P3S2. The van der Waals surface area contributed by atoms with E-state index in [4.69, 9.17) is 24.8 Å². The van der Waals surface area contributed by atoms with Crippen LogP contribution in [0.25, 0.3) is 0 Å². The maximum Gasteiger partial charge on any atom is 0.490 e. The van der Waals surface area contributed by atoms with E-state index >= 15 is 0 Å². The number of carbonyl (C=O) groups is 1. The second-order valence-electron chi connectivity index (χ2n) is 14.0. The number of phosphoric acid groups is 3. The number of nitrogens with two attached hydrogens (primary N) is 1. The van der Waals surface area contributed by atoms with E-state index in [-0.39, 0.29) is 65.1 Å². The van der Waals surface area contributed by atoms with Crippen LogP contribution in [0.3, 0.4) is 0 Å². The molecule has 1 aliphatic rings. The third kappa shape index (κ3) is 16.7. The van der Waals surface area contributed by atoms with Crippen LogP contribution >= 0.6 is 23.5 Å². The smallest absolute Gasteiger partial charge is 0.382 e. The van der Waals surface area contributed by atoms with Crippen LogP contribution in [0.2, 0.25) is 0 Å². The summed E-state index contributed by atoms with van der Waals surface area (Å²) in [7, 11) is -24.1. The predicted molar refractivity (Wildman–Crippen MR) is 236 cm³/mol. The zero-order valence-electron chi connectivity index (χ0n) is 34.9. The van der Waals surface area contributed by atoms with Gasteiger partial charge in [-0.3, -0.25) is 23.0 Å². The number of carbonyl (C=O) groups excluding carboxylic acids is 1. The number of rotatable bonds is 20. The minimum Gasteiger partial charge on any atom is -0.382 e. The highest BCUT2D eigenvalue weighted by molar-refractivity contribution is 7.86. The van der Waals surface area contributed by atoms with E-state index < -0.39 is 73.2 Å². The molecule has 9 N–H and O–H groups in total. The topological polar surface area (TPSA) is 420 Å². The lowest BCUT2D eigenvalue weighted by Crippen LogP contribution is -2.29. The molecule has 4 atom stereocenters. The van der Waals surface area contributed by atoms with Gasteiger partial charge in [0.15, 0.2) is 0 Å². The largest absolute Gasteiger partial charge is 0.490 e. The summed E-state index contributed by atoms with van der Waals surface area (Å²) in [5, 5.41) is 18.5. The quantitative estimate of drug-likeness (QED) is 0.0260. The van der Waals surface area contributed by atoms with Crippen LogP contribution in [0.4, 0.5) is 34.3 Å². The molecule has 0 bridgehead atoms. The van der Waals surface area contributed by atoms with E-state index in [0.717, 1.165) is 28.5 Å². The summed E-state index contributed by atoms with van der Waals surface area (Å²) in [6, 6.07) is 15.0. The Balaban J connectivity index is 1.07.